The lowest BCUT2D eigenvalue weighted by atomic mass is 10.1. The number of hydrogen-bond donors (Lipinski definition) is 1. The first-order valence-electron chi connectivity index (χ1n) is 6.27. The van der Waals surface area contributed by atoms with Gasteiger partial charge in [-0.3, -0.25) is 4.79 Å². The Morgan fingerprint density at radius 1 is 1.39 bits per heavy atom. The summed E-state index contributed by atoms with van der Waals surface area (Å²) in [5.74, 6) is -0.0939. The fourth-order valence-corrected chi connectivity index (χ4v) is 2.59. The number of benzene rings is 1. The molecule has 98 valence electrons. The van der Waals surface area contributed by atoms with E-state index in [4.69, 9.17) is 16.3 Å². The van der Waals surface area contributed by atoms with Crippen LogP contribution < -0.4 is 5.32 Å². The Morgan fingerprint density at radius 3 is 2.78 bits per heavy atom. The fraction of sp³-hybridized carbons (Fsp3) is 0.500. The van der Waals surface area contributed by atoms with Crippen molar-refractivity contribution in [3.05, 3.63) is 28.3 Å². The van der Waals surface area contributed by atoms with Crippen LogP contribution in [0.15, 0.2) is 12.1 Å². The molecule has 0 aliphatic carbocycles. The van der Waals surface area contributed by atoms with Crippen molar-refractivity contribution in [2.24, 2.45) is 0 Å². The Balaban J connectivity index is 2.11. The number of nitrogens with one attached hydrogen (secondary N) is 1. The number of halogens is 1. The Hall–Kier alpha value is -1.06. The maximum Gasteiger partial charge on any atom is 0.253 e. The molecule has 1 aromatic rings. The van der Waals surface area contributed by atoms with E-state index in [1.807, 2.05) is 26.0 Å². The summed E-state index contributed by atoms with van der Waals surface area (Å²) < 4.78 is 5.46. The maximum atomic E-state index is 12.1. The second-order valence-electron chi connectivity index (χ2n) is 4.78. The van der Waals surface area contributed by atoms with Gasteiger partial charge in [-0.15, -0.1) is 0 Å². The number of aryl methyl sites for hydroxylation is 2. The second-order valence-corrected chi connectivity index (χ2v) is 5.19. The molecule has 1 unspecified atom stereocenters. The minimum atomic E-state index is -0.337. The average molecular weight is 268 g/mol. The molecule has 0 radical (unpaired) electrons. The molecule has 0 aromatic heterocycles. The first kappa shape index (κ1) is 13.4. The summed E-state index contributed by atoms with van der Waals surface area (Å²) in [4.78, 5) is 12.1. The van der Waals surface area contributed by atoms with Crippen LogP contribution in [0.1, 0.15) is 30.4 Å². The summed E-state index contributed by atoms with van der Waals surface area (Å²) in [6.45, 7) is 4.59. The topological polar surface area (TPSA) is 38.3 Å². The largest absolute Gasteiger partial charge is 0.368 e. The number of ether oxygens (including phenoxy) is 1. The van der Waals surface area contributed by atoms with Crippen LogP contribution in [0.2, 0.25) is 5.02 Å². The van der Waals surface area contributed by atoms with E-state index < -0.39 is 0 Å². The van der Waals surface area contributed by atoms with Gasteiger partial charge in [-0.25, -0.2) is 0 Å². The highest BCUT2D eigenvalue weighted by atomic mass is 35.5. The lowest BCUT2D eigenvalue weighted by molar-refractivity contribution is -0.129. The van der Waals surface area contributed by atoms with Gasteiger partial charge in [0, 0.05) is 6.61 Å². The fourth-order valence-electron chi connectivity index (χ4n) is 2.23. The number of anilines is 1. The molecule has 0 spiro atoms. The van der Waals surface area contributed by atoms with E-state index in [9.17, 15) is 4.79 Å². The zero-order valence-electron chi connectivity index (χ0n) is 10.8. The van der Waals surface area contributed by atoms with Gasteiger partial charge in [-0.1, -0.05) is 17.7 Å². The number of carbonyl (C=O) groups excluding carboxylic acids is 1. The van der Waals surface area contributed by atoms with E-state index in [0.29, 0.717) is 17.3 Å². The predicted molar refractivity (Wildman–Crippen MR) is 73.1 cm³/mol. The first-order valence-corrected chi connectivity index (χ1v) is 6.65. The summed E-state index contributed by atoms with van der Waals surface area (Å²) in [6.07, 6.45) is 2.52. The number of carbonyl (C=O) groups is 1. The molecular formula is C14H18ClNO2. The molecule has 1 aliphatic rings. The van der Waals surface area contributed by atoms with Gasteiger partial charge in [0.1, 0.15) is 6.10 Å². The molecule has 1 aromatic carbocycles. The third kappa shape index (κ3) is 3.03. The summed E-state index contributed by atoms with van der Waals surface area (Å²) in [7, 11) is 0. The van der Waals surface area contributed by atoms with Gasteiger partial charge in [0.05, 0.1) is 10.7 Å². The lowest BCUT2D eigenvalue weighted by Crippen LogP contribution is -2.33. The standard InChI is InChI=1S/C14H18ClNO2/c1-9-7-10(2)13(11(15)8-9)16-14(17)12-5-3-4-6-18-12/h7-8,12H,3-6H2,1-2H3,(H,16,17). The Labute approximate surface area is 112 Å². The molecule has 1 amide bonds. The smallest absolute Gasteiger partial charge is 0.253 e. The molecule has 1 heterocycles. The van der Waals surface area contributed by atoms with E-state index in [0.717, 1.165) is 30.4 Å². The van der Waals surface area contributed by atoms with Crippen LogP contribution in [-0.4, -0.2) is 18.6 Å². The Morgan fingerprint density at radius 2 is 2.17 bits per heavy atom. The first-order chi connectivity index (χ1) is 8.58. The van der Waals surface area contributed by atoms with Crippen molar-refractivity contribution in [2.75, 3.05) is 11.9 Å². The molecule has 1 atom stereocenters. The van der Waals surface area contributed by atoms with E-state index in [-0.39, 0.29) is 12.0 Å². The van der Waals surface area contributed by atoms with Gasteiger partial charge in [0.25, 0.3) is 5.91 Å². The third-order valence-corrected chi connectivity index (χ3v) is 3.45. The average Bonchev–Trinajstić information content (AvgIpc) is 2.34. The lowest BCUT2D eigenvalue weighted by Gasteiger charge is -2.22. The van der Waals surface area contributed by atoms with Crippen LogP contribution >= 0.6 is 11.6 Å². The molecule has 1 aliphatic heterocycles. The van der Waals surface area contributed by atoms with Crippen LogP contribution in [0.5, 0.6) is 0 Å². The number of hydrogen-bond acceptors (Lipinski definition) is 2. The monoisotopic (exact) mass is 267 g/mol. The molecular weight excluding hydrogens is 250 g/mol. The molecule has 4 heteroatoms. The Kier molecular flexibility index (Phi) is 4.25. The highest BCUT2D eigenvalue weighted by Crippen LogP contribution is 2.28. The van der Waals surface area contributed by atoms with Crippen molar-refractivity contribution >= 4 is 23.2 Å². The van der Waals surface area contributed by atoms with Crippen LogP contribution in [0, 0.1) is 13.8 Å². The normalized spacial score (nSPS) is 19.6. The molecule has 1 fully saturated rings. The van der Waals surface area contributed by atoms with E-state index in [1.165, 1.54) is 0 Å². The minimum absolute atomic E-state index is 0.0939. The van der Waals surface area contributed by atoms with Crippen molar-refractivity contribution in [1.29, 1.82) is 0 Å². The van der Waals surface area contributed by atoms with Crippen LogP contribution in [0.25, 0.3) is 0 Å². The zero-order valence-corrected chi connectivity index (χ0v) is 11.5. The summed E-state index contributed by atoms with van der Waals surface area (Å²) in [5.41, 5.74) is 2.76. The van der Waals surface area contributed by atoms with Gasteiger partial charge in [0.2, 0.25) is 0 Å². The van der Waals surface area contributed by atoms with Crippen LogP contribution in [0.3, 0.4) is 0 Å². The van der Waals surface area contributed by atoms with E-state index in [1.54, 1.807) is 0 Å². The summed E-state index contributed by atoms with van der Waals surface area (Å²) in [6, 6.07) is 3.86. The van der Waals surface area contributed by atoms with Gasteiger partial charge < -0.3 is 10.1 Å². The number of rotatable bonds is 2. The van der Waals surface area contributed by atoms with Crippen molar-refractivity contribution in [3.63, 3.8) is 0 Å². The van der Waals surface area contributed by atoms with Gasteiger partial charge in [0.15, 0.2) is 0 Å². The maximum absolute atomic E-state index is 12.1. The molecule has 0 bridgehead atoms. The third-order valence-electron chi connectivity index (χ3n) is 3.15. The van der Waals surface area contributed by atoms with Crippen molar-refractivity contribution in [3.8, 4) is 0 Å². The van der Waals surface area contributed by atoms with Gasteiger partial charge in [-0.05, 0) is 50.3 Å². The predicted octanol–water partition coefficient (Wildman–Crippen LogP) is 3.46. The minimum Gasteiger partial charge on any atom is -0.368 e. The second kappa shape index (κ2) is 5.72. The molecule has 3 nitrogen and oxygen atoms in total. The SMILES string of the molecule is Cc1cc(C)c(NC(=O)C2CCCCO2)c(Cl)c1. The van der Waals surface area contributed by atoms with Crippen LogP contribution in [0.4, 0.5) is 5.69 Å². The molecule has 0 saturated carbocycles. The zero-order chi connectivity index (χ0) is 13.1. The molecule has 2 rings (SSSR count). The Bertz CT molecular complexity index is 430. The van der Waals surface area contributed by atoms with Gasteiger partial charge >= 0.3 is 0 Å². The summed E-state index contributed by atoms with van der Waals surface area (Å²) >= 11 is 6.16. The summed E-state index contributed by atoms with van der Waals surface area (Å²) in [5, 5.41) is 3.46. The quantitative estimate of drug-likeness (QED) is 0.891. The number of amides is 1. The highest BCUT2D eigenvalue weighted by molar-refractivity contribution is 6.34. The van der Waals surface area contributed by atoms with Crippen molar-refractivity contribution < 1.29 is 9.53 Å². The molecule has 1 saturated heterocycles. The van der Waals surface area contributed by atoms with E-state index in [2.05, 4.69) is 5.32 Å². The van der Waals surface area contributed by atoms with Gasteiger partial charge in [-0.2, -0.15) is 0 Å². The molecule has 1 N–H and O–H groups in total. The van der Waals surface area contributed by atoms with E-state index >= 15 is 0 Å². The molecule has 18 heavy (non-hydrogen) atoms. The van der Waals surface area contributed by atoms with Crippen molar-refractivity contribution in [1.82, 2.24) is 0 Å². The van der Waals surface area contributed by atoms with Crippen LogP contribution in [-0.2, 0) is 9.53 Å². The van der Waals surface area contributed by atoms with Crippen molar-refractivity contribution in [2.45, 2.75) is 39.2 Å². The highest BCUT2D eigenvalue weighted by Gasteiger charge is 2.23.